The second kappa shape index (κ2) is 11.5. The molecule has 174 valence electrons. The van der Waals surface area contributed by atoms with Crippen LogP contribution in [-0.4, -0.2) is 27.3 Å². The molecule has 2 rings (SSSR count). The van der Waals surface area contributed by atoms with Gasteiger partial charge in [0.15, 0.2) is 0 Å². The molecule has 31 heavy (non-hydrogen) atoms. The number of carboxylic acid groups (broad SMARTS) is 2. The van der Waals surface area contributed by atoms with Gasteiger partial charge >= 0.3 is 11.9 Å². The molecule has 0 aliphatic heterocycles. The summed E-state index contributed by atoms with van der Waals surface area (Å²) in [7, 11) is 0. The molecule has 1 aliphatic carbocycles. The van der Waals surface area contributed by atoms with E-state index < -0.39 is 22.8 Å². The number of aryl methyl sites for hydroxylation is 2. The van der Waals surface area contributed by atoms with E-state index in [0.29, 0.717) is 12.2 Å². The fourth-order valence-electron chi connectivity index (χ4n) is 4.26. The summed E-state index contributed by atoms with van der Waals surface area (Å²) >= 11 is 0. The van der Waals surface area contributed by atoms with E-state index >= 15 is 0 Å². The van der Waals surface area contributed by atoms with Gasteiger partial charge in [0.05, 0.1) is 10.8 Å². The maximum absolute atomic E-state index is 11.2. The van der Waals surface area contributed by atoms with E-state index in [4.69, 9.17) is 5.11 Å². The minimum absolute atomic E-state index is 0.327. The zero-order chi connectivity index (χ0) is 22.9. The first-order valence-electron chi connectivity index (χ1n) is 11.9. The lowest BCUT2D eigenvalue weighted by molar-refractivity contribution is -0.147. The van der Waals surface area contributed by atoms with Crippen molar-refractivity contribution in [2.24, 2.45) is 10.8 Å². The summed E-state index contributed by atoms with van der Waals surface area (Å²) in [5.41, 5.74) is 1.29. The lowest BCUT2D eigenvalue weighted by Gasteiger charge is -2.18. The molecule has 0 aromatic heterocycles. The molecule has 0 spiro atoms. The molecule has 0 saturated heterocycles. The Bertz CT molecular complexity index is 687. The first-order valence-corrected chi connectivity index (χ1v) is 11.9. The predicted octanol–water partition coefficient (Wildman–Crippen LogP) is 6.35. The first kappa shape index (κ1) is 25.2. The van der Waals surface area contributed by atoms with Crippen LogP contribution in [0.5, 0.6) is 5.75 Å². The van der Waals surface area contributed by atoms with Gasteiger partial charge in [0.25, 0.3) is 0 Å². The van der Waals surface area contributed by atoms with Crippen molar-refractivity contribution in [1.82, 2.24) is 0 Å². The summed E-state index contributed by atoms with van der Waals surface area (Å²) < 4.78 is 0. The number of benzene rings is 1. The maximum Gasteiger partial charge on any atom is 0.309 e. The van der Waals surface area contributed by atoms with Crippen LogP contribution < -0.4 is 0 Å². The molecule has 0 radical (unpaired) electrons. The van der Waals surface area contributed by atoms with Crippen molar-refractivity contribution < 1.29 is 24.9 Å². The van der Waals surface area contributed by atoms with E-state index in [0.717, 1.165) is 89.0 Å². The van der Waals surface area contributed by atoms with Gasteiger partial charge < -0.3 is 15.3 Å². The smallest absolute Gasteiger partial charge is 0.309 e. The molecule has 1 fully saturated rings. The Kier molecular flexibility index (Phi) is 9.39. The van der Waals surface area contributed by atoms with Gasteiger partial charge in [-0.05, 0) is 88.5 Å². The predicted molar refractivity (Wildman–Crippen MR) is 122 cm³/mol. The van der Waals surface area contributed by atoms with Gasteiger partial charge in [0.1, 0.15) is 5.75 Å². The molecule has 1 aromatic carbocycles. The molecule has 5 nitrogen and oxygen atoms in total. The monoisotopic (exact) mass is 432 g/mol. The van der Waals surface area contributed by atoms with Crippen molar-refractivity contribution >= 4 is 11.9 Å². The van der Waals surface area contributed by atoms with Gasteiger partial charge in [0, 0.05) is 0 Å². The van der Waals surface area contributed by atoms with Crippen LogP contribution in [0.1, 0.15) is 102 Å². The molecule has 1 aromatic rings. The van der Waals surface area contributed by atoms with Crippen LogP contribution in [0.25, 0.3) is 0 Å². The molecular formula is C26H40O5. The summed E-state index contributed by atoms with van der Waals surface area (Å²) in [6, 6.07) is 5.88. The number of unbranched alkanes of at least 4 members (excludes halogenated alkanes) is 6. The Balaban J connectivity index is 1.61. The Morgan fingerprint density at radius 3 is 1.84 bits per heavy atom. The maximum atomic E-state index is 11.2. The third-order valence-electron chi connectivity index (χ3n) is 6.81. The Morgan fingerprint density at radius 2 is 1.35 bits per heavy atom. The summed E-state index contributed by atoms with van der Waals surface area (Å²) in [4.78, 5) is 22.3. The summed E-state index contributed by atoms with van der Waals surface area (Å²) in [6.07, 6.45) is 13.3. The lowest BCUT2D eigenvalue weighted by Crippen LogP contribution is -2.23. The molecule has 1 saturated carbocycles. The van der Waals surface area contributed by atoms with Crippen LogP contribution in [0.15, 0.2) is 18.2 Å². The number of aromatic hydroxyl groups is 1. The Hall–Kier alpha value is -2.04. The highest BCUT2D eigenvalue weighted by molar-refractivity contribution is 5.77. The molecule has 5 heteroatoms. The number of phenolic OH excluding ortho intramolecular Hbond substituents is 1. The second-order valence-corrected chi connectivity index (χ2v) is 10.1. The summed E-state index contributed by atoms with van der Waals surface area (Å²) in [5, 5.41) is 28.4. The quantitative estimate of drug-likeness (QED) is 0.264. The number of hydrogen-bond donors (Lipinski definition) is 3. The molecule has 0 atom stereocenters. The van der Waals surface area contributed by atoms with E-state index in [1.54, 1.807) is 13.8 Å². The van der Waals surface area contributed by atoms with Crippen molar-refractivity contribution in [3.63, 3.8) is 0 Å². The first-order chi connectivity index (χ1) is 14.6. The highest BCUT2D eigenvalue weighted by atomic mass is 16.4. The zero-order valence-electron chi connectivity index (χ0n) is 19.3. The Morgan fingerprint density at radius 1 is 0.839 bits per heavy atom. The van der Waals surface area contributed by atoms with E-state index in [1.165, 1.54) is 5.56 Å². The third kappa shape index (κ3) is 8.54. The van der Waals surface area contributed by atoms with Crippen LogP contribution in [0.2, 0.25) is 0 Å². The van der Waals surface area contributed by atoms with Gasteiger partial charge in [-0.1, -0.05) is 44.6 Å². The van der Waals surface area contributed by atoms with Crippen LogP contribution in [0, 0.1) is 10.8 Å². The topological polar surface area (TPSA) is 94.8 Å². The van der Waals surface area contributed by atoms with Crippen LogP contribution in [-0.2, 0) is 22.4 Å². The van der Waals surface area contributed by atoms with Crippen molar-refractivity contribution in [3.05, 3.63) is 29.3 Å². The second-order valence-electron chi connectivity index (χ2n) is 10.1. The average Bonchev–Trinajstić information content (AvgIpc) is 3.48. The van der Waals surface area contributed by atoms with Crippen LogP contribution in [0.4, 0.5) is 0 Å². The Labute approximate surface area is 186 Å². The van der Waals surface area contributed by atoms with Crippen molar-refractivity contribution in [1.29, 1.82) is 0 Å². The zero-order valence-corrected chi connectivity index (χ0v) is 19.3. The number of rotatable bonds is 16. The van der Waals surface area contributed by atoms with Crippen molar-refractivity contribution in [2.45, 2.75) is 104 Å². The molecular weight excluding hydrogens is 392 g/mol. The number of hydrogen-bond acceptors (Lipinski definition) is 3. The van der Waals surface area contributed by atoms with E-state index in [1.807, 2.05) is 12.1 Å². The van der Waals surface area contributed by atoms with Gasteiger partial charge in [0.2, 0.25) is 0 Å². The van der Waals surface area contributed by atoms with Crippen LogP contribution in [0.3, 0.4) is 0 Å². The fraction of sp³-hybridized carbons (Fsp3) is 0.692. The highest BCUT2D eigenvalue weighted by Gasteiger charge is 2.49. The number of aliphatic carboxylic acids is 2. The molecule has 0 unspecified atom stereocenters. The van der Waals surface area contributed by atoms with Gasteiger partial charge in [-0.15, -0.1) is 0 Å². The minimum atomic E-state index is -0.730. The average molecular weight is 433 g/mol. The fourth-order valence-corrected chi connectivity index (χ4v) is 4.26. The normalized spacial score (nSPS) is 15.0. The van der Waals surface area contributed by atoms with Crippen molar-refractivity contribution in [3.8, 4) is 5.75 Å². The summed E-state index contributed by atoms with van der Waals surface area (Å²) in [6.45, 7) is 3.56. The molecule has 0 heterocycles. The molecule has 0 bridgehead atoms. The van der Waals surface area contributed by atoms with Gasteiger partial charge in [-0.3, -0.25) is 9.59 Å². The number of carbonyl (C=O) groups is 2. The van der Waals surface area contributed by atoms with Crippen molar-refractivity contribution in [2.75, 3.05) is 0 Å². The lowest BCUT2D eigenvalue weighted by atomic mass is 9.87. The molecule has 1 aliphatic rings. The standard InChI is InChI=1S/C26H40O5/c1-25(2,23(28)29)13-9-5-3-7-11-20-17-21(19-22(27)18-20)12-8-4-6-10-14-26(15-16-26)24(30)31/h17-19,27H,3-16H2,1-2H3,(H,28,29)(H,30,31). The van der Waals surface area contributed by atoms with E-state index in [9.17, 15) is 19.8 Å². The molecule has 0 amide bonds. The summed E-state index contributed by atoms with van der Waals surface area (Å²) in [5.74, 6) is -1.02. The SMILES string of the molecule is CC(C)(CCCCCCc1cc(O)cc(CCCCCCC2(C(=O)O)CC2)c1)C(=O)O. The molecule has 3 N–H and O–H groups in total. The van der Waals surface area contributed by atoms with Gasteiger partial charge in [-0.25, -0.2) is 0 Å². The van der Waals surface area contributed by atoms with Crippen LogP contribution >= 0.6 is 0 Å². The highest BCUT2D eigenvalue weighted by Crippen LogP contribution is 2.50. The number of phenols is 1. The van der Waals surface area contributed by atoms with E-state index in [2.05, 4.69) is 6.07 Å². The van der Waals surface area contributed by atoms with Gasteiger partial charge in [-0.2, -0.15) is 0 Å². The van der Waals surface area contributed by atoms with E-state index in [-0.39, 0.29) is 0 Å². The number of carboxylic acids is 2. The third-order valence-corrected chi connectivity index (χ3v) is 6.81. The minimum Gasteiger partial charge on any atom is -0.508 e. The largest absolute Gasteiger partial charge is 0.508 e.